The van der Waals surface area contributed by atoms with Crippen LogP contribution in [0.5, 0.6) is 0 Å². The molecule has 0 spiro atoms. The Morgan fingerprint density at radius 3 is 2.78 bits per heavy atom. The van der Waals surface area contributed by atoms with Crippen LogP contribution < -0.4 is 5.32 Å². The molecule has 0 radical (unpaired) electrons. The number of methoxy groups -OCH3 is 1. The van der Waals surface area contributed by atoms with E-state index in [1.54, 1.807) is 24.1 Å². The largest absolute Gasteiger partial charge is 0.383 e. The highest BCUT2D eigenvalue weighted by Crippen LogP contribution is 2.20. The Morgan fingerprint density at radius 1 is 1.43 bits per heavy atom. The van der Waals surface area contributed by atoms with Gasteiger partial charge in [-0.25, -0.2) is 4.39 Å². The summed E-state index contributed by atoms with van der Waals surface area (Å²) in [7, 11) is 1.59. The minimum absolute atomic E-state index is 0.00626. The second-order valence-corrected chi connectivity index (χ2v) is 5.92. The minimum Gasteiger partial charge on any atom is -0.383 e. The minimum atomic E-state index is -0.310. The third-order valence-electron chi connectivity index (χ3n) is 4.10. The number of nitrogens with zero attached hydrogens (tertiary/aromatic N) is 1. The molecule has 0 aliphatic carbocycles. The van der Waals surface area contributed by atoms with Crippen LogP contribution in [0.25, 0.3) is 0 Å². The second-order valence-electron chi connectivity index (χ2n) is 5.92. The lowest BCUT2D eigenvalue weighted by Crippen LogP contribution is -2.39. The summed E-state index contributed by atoms with van der Waals surface area (Å²) in [5.74, 6) is -0.691. The van der Waals surface area contributed by atoms with Gasteiger partial charge in [0.1, 0.15) is 5.82 Å². The summed E-state index contributed by atoms with van der Waals surface area (Å²) >= 11 is 0. The third-order valence-corrected chi connectivity index (χ3v) is 4.10. The number of likely N-dealkylation sites (tertiary alicyclic amines) is 1. The normalized spacial score (nSPS) is 19.0. The van der Waals surface area contributed by atoms with Crippen LogP contribution >= 0.6 is 0 Å². The molecule has 1 fully saturated rings. The number of carbonyl (C=O) groups is 2. The molecule has 5 nitrogen and oxygen atoms in total. The quantitative estimate of drug-likeness (QED) is 0.825. The number of nitrogens with one attached hydrogen (secondary N) is 1. The summed E-state index contributed by atoms with van der Waals surface area (Å²) < 4.78 is 17.9. The van der Waals surface area contributed by atoms with Crippen LogP contribution in [0, 0.1) is 11.7 Å². The van der Waals surface area contributed by atoms with Gasteiger partial charge in [0, 0.05) is 26.6 Å². The van der Waals surface area contributed by atoms with Crippen LogP contribution in [-0.4, -0.2) is 49.6 Å². The predicted octanol–water partition coefficient (Wildman–Crippen LogP) is 1.37. The van der Waals surface area contributed by atoms with Crippen molar-refractivity contribution in [2.24, 2.45) is 5.92 Å². The summed E-state index contributed by atoms with van der Waals surface area (Å²) in [5.41, 5.74) is 0.963. The first-order valence-corrected chi connectivity index (χ1v) is 7.81. The zero-order valence-electron chi connectivity index (χ0n) is 13.5. The molecular weight excluding hydrogens is 299 g/mol. The molecule has 0 saturated carbocycles. The van der Waals surface area contributed by atoms with Gasteiger partial charge in [-0.15, -0.1) is 0 Å². The highest BCUT2D eigenvalue weighted by atomic mass is 19.1. The highest BCUT2D eigenvalue weighted by molar-refractivity contribution is 5.89. The van der Waals surface area contributed by atoms with E-state index in [-0.39, 0.29) is 36.0 Å². The van der Waals surface area contributed by atoms with E-state index in [2.05, 4.69) is 5.32 Å². The Labute approximate surface area is 135 Å². The summed E-state index contributed by atoms with van der Waals surface area (Å²) in [6.45, 7) is 3.29. The average molecular weight is 322 g/mol. The molecule has 1 saturated heterocycles. The van der Waals surface area contributed by atoms with E-state index >= 15 is 0 Å². The first-order valence-electron chi connectivity index (χ1n) is 7.81. The van der Waals surface area contributed by atoms with Gasteiger partial charge >= 0.3 is 0 Å². The molecule has 1 aromatic carbocycles. The molecule has 0 aromatic heterocycles. The highest BCUT2D eigenvalue weighted by Gasteiger charge is 2.36. The van der Waals surface area contributed by atoms with E-state index in [0.29, 0.717) is 26.1 Å². The molecule has 6 heteroatoms. The summed E-state index contributed by atoms with van der Waals surface area (Å²) in [6.07, 6.45) is 0.882. The number of amides is 2. The van der Waals surface area contributed by atoms with Crippen LogP contribution in [0.2, 0.25) is 0 Å². The molecule has 23 heavy (non-hydrogen) atoms. The molecule has 1 heterocycles. The fourth-order valence-electron chi connectivity index (χ4n) is 2.79. The van der Waals surface area contributed by atoms with E-state index < -0.39 is 0 Å². The SMILES string of the molecule is COC[C@H](C)N1C[C@H](C(=O)NCCc2ccc(F)cc2)CC1=O. The zero-order chi connectivity index (χ0) is 16.8. The summed E-state index contributed by atoms with van der Waals surface area (Å²) in [6, 6.07) is 6.19. The Morgan fingerprint density at radius 2 is 2.13 bits per heavy atom. The number of ether oxygens (including phenoxy) is 1. The van der Waals surface area contributed by atoms with Crippen LogP contribution in [0.1, 0.15) is 18.9 Å². The number of hydrogen-bond acceptors (Lipinski definition) is 3. The first-order chi connectivity index (χ1) is 11.0. The monoisotopic (exact) mass is 322 g/mol. The van der Waals surface area contributed by atoms with Gasteiger partial charge in [0.15, 0.2) is 0 Å². The number of hydrogen-bond donors (Lipinski definition) is 1. The number of halogens is 1. The van der Waals surface area contributed by atoms with Gasteiger partial charge < -0.3 is 15.0 Å². The molecule has 1 aliphatic heterocycles. The van der Waals surface area contributed by atoms with Crippen molar-refractivity contribution in [3.63, 3.8) is 0 Å². The van der Waals surface area contributed by atoms with E-state index in [4.69, 9.17) is 4.74 Å². The second kappa shape index (κ2) is 8.06. The van der Waals surface area contributed by atoms with Crippen LogP contribution in [0.3, 0.4) is 0 Å². The van der Waals surface area contributed by atoms with Crippen molar-refractivity contribution in [2.45, 2.75) is 25.8 Å². The number of rotatable bonds is 7. The van der Waals surface area contributed by atoms with Crippen LogP contribution in [-0.2, 0) is 20.7 Å². The van der Waals surface area contributed by atoms with Crippen molar-refractivity contribution < 1.29 is 18.7 Å². The first kappa shape index (κ1) is 17.4. The van der Waals surface area contributed by atoms with E-state index in [1.165, 1.54) is 12.1 Å². The lowest BCUT2D eigenvalue weighted by Gasteiger charge is -2.23. The standard InChI is InChI=1S/C17H23FN2O3/c1-12(11-23-2)20-10-14(9-16(20)21)17(22)19-8-7-13-3-5-15(18)6-4-13/h3-6,12,14H,7-11H2,1-2H3,(H,19,22)/t12-,14+/m0/s1. The van der Waals surface area contributed by atoms with Crippen molar-refractivity contribution >= 4 is 11.8 Å². The molecule has 1 aromatic rings. The summed E-state index contributed by atoms with van der Waals surface area (Å²) in [4.78, 5) is 25.9. The molecule has 1 N–H and O–H groups in total. The van der Waals surface area contributed by atoms with Gasteiger partial charge in [0.2, 0.25) is 11.8 Å². The van der Waals surface area contributed by atoms with Crippen molar-refractivity contribution in [1.82, 2.24) is 10.2 Å². The van der Waals surface area contributed by atoms with Crippen molar-refractivity contribution in [1.29, 1.82) is 0 Å². The Balaban J connectivity index is 1.78. The lowest BCUT2D eigenvalue weighted by molar-refractivity contribution is -0.130. The lowest BCUT2D eigenvalue weighted by atomic mass is 10.1. The third kappa shape index (κ3) is 4.76. The maximum absolute atomic E-state index is 12.8. The average Bonchev–Trinajstić information content (AvgIpc) is 2.91. The van der Waals surface area contributed by atoms with E-state index in [1.807, 2.05) is 6.92 Å². The zero-order valence-corrected chi connectivity index (χ0v) is 13.5. The van der Waals surface area contributed by atoms with Gasteiger partial charge in [-0.1, -0.05) is 12.1 Å². The van der Waals surface area contributed by atoms with Gasteiger partial charge in [-0.2, -0.15) is 0 Å². The predicted molar refractivity (Wildman–Crippen MR) is 84.3 cm³/mol. The van der Waals surface area contributed by atoms with E-state index in [0.717, 1.165) is 5.56 Å². The van der Waals surface area contributed by atoms with Crippen molar-refractivity contribution in [3.05, 3.63) is 35.6 Å². The Bertz CT molecular complexity index is 547. The Kier molecular flexibility index (Phi) is 6.10. The van der Waals surface area contributed by atoms with E-state index in [9.17, 15) is 14.0 Å². The molecular formula is C17H23FN2O3. The van der Waals surface area contributed by atoms with Gasteiger partial charge in [-0.05, 0) is 31.0 Å². The van der Waals surface area contributed by atoms with Crippen LogP contribution in [0.15, 0.2) is 24.3 Å². The van der Waals surface area contributed by atoms with Gasteiger partial charge in [0.05, 0.1) is 18.6 Å². The molecule has 126 valence electrons. The molecule has 1 aliphatic rings. The number of benzene rings is 1. The fraction of sp³-hybridized carbons (Fsp3) is 0.529. The topological polar surface area (TPSA) is 58.6 Å². The van der Waals surface area contributed by atoms with Gasteiger partial charge in [-0.3, -0.25) is 9.59 Å². The van der Waals surface area contributed by atoms with Gasteiger partial charge in [0.25, 0.3) is 0 Å². The molecule has 0 bridgehead atoms. The smallest absolute Gasteiger partial charge is 0.225 e. The van der Waals surface area contributed by atoms with Crippen molar-refractivity contribution in [3.8, 4) is 0 Å². The van der Waals surface area contributed by atoms with Crippen molar-refractivity contribution in [2.75, 3.05) is 26.8 Å². The maximum Gasteiger partial charge on any atom is 0.225 e. The molecule has 2 atom stereocenters. The number of carbonyl (C=O) groups excluding carboxylic acids is 2. The molecule has 2 amide bonds. The molecule has 0 unspecified atom stereocenters. The van der Waals surface area contributed by atoms with Crippen LogP contribution in [0.4, 0.5) is 4.39 Å². The Hall–Kier alpha value is -1.95. The molecule has 2 rings (SSSR count). The summed E-state index contributed by atoms with van der Waals surface area (Å²) in [5, 5.41) is 2.86. The maximum atomic E-state index is 12.8. The fourth-order valence-corrected chi connectivity index (χ4v) is 2.79.